The summed E-state index contributed by atoms with van der Waals surface area (Å²) in [4.78, 5) is 22.3. The normalized spacial score (nSPS) is 37.6. The second-order valence-electron chi connectivity index (χ2n) is 5.20. The van der Waals surface area contributed by atoms with E-state index in [0.29, 0.717) is 6.61 Å². The molecule has 20 heavy (non-hydrogen) atoms. The van der Waals surface area contributed by atoms with Gasteiger partial charge in [0.1, 0.15) is 6.04 Å². The predicted molar refractivity (Wildman–Crippen MR) is 63.3 cm³/mol. The minimum absolute atomic E-state index is 0. The maximum atomic E-state index is 11.5. The van der Waals surface area contributed by atoms with Crippen LogP contribution in [0, 0.1) is 12.3 Å². The number of hydrogen-bond donors (Lipinski definition) is 3. The molecule has 1 radical (unpaired) electrons. The molecule has 7 nitrogen and oxygen atoms in total. The Balaban J connectivity index is 0.00000200. The number of hydrogen-bond acceptors (Lipinski definition) is 5. The molecule has 5 unspecified atom stereocenters. The third kappa shape index (κ3) is 3.39. The first-order valence-electron chi connectivity index (χ1n) is 6.20. The molecule has 0 aromatic heterocycles. The van der Waals surface area contributed by atoms with E-state index >= 15 is 0 Å². The average molecular weight is 361 g/mol. The zero-order chi connectivity index (χ0) is 14.2. The van der Waals surface area contributed by atoms with Gasteiger partial charge in [0.25, 0.3) is 0 Å². The Hall–Kier alpha value is -0.0761. The van der Waals surface area contributed by atoms with Crippen molar-refractivity contribution in [2.24, 2.45) is 11.7 Å². The molecule has 2 fully saturated rings. The zero-order valence-corrected chi connectivity index (χ0v) is 14.0. The Bertz CT molecular complexity index is 392. The van der Waals surface area contributed by atoms with Crippen LogP contribution in [0.3, 0.4) is 0 Å². The van der Waals surface area contributed by atoms with Crippen LogP contribution in [-0.4, -0.2) is 52.6 Å². The van der Waals surface area contributed by atoms with E-state index in [-0.39, 0.29) is 63.7 Å². The number of ether oxygens (including phenoxy) is 2. The molecule has 2 aliphatic heterocycles. The van der Waals surface area contributed by atoms with Crippen molar-refractivity contribution in [1.29, 1.82) is 0 Å². The van der Waals surface area contributed by atoms with E-state index in [0.717, 1.165) is 0 Å². The third-order valence-corrected chi connectivity index (χ3v) is 3.81. The molecule has 0 saturated carbocycles. The number of carboxylic acid groups (broad SMARTS) is 2. The van der Waals surface area contributed by atoms with Crippen LogP contribution in [0.4, 0.5) is 0 Å². The van der Waals surface area contributed by atoms with Gasteiger partial charge in [0.05, 0.1) is 12.2 Å². The Morgan fingerprint density at radius 2 is 2.15 bits per heavy atom. The third-order valence-electron chi connectivity index (χ3n) is 3.81. The molecule has 2 heterocycles. The quantitative estimate of drug-likeness (QED) is 0.585. The van der Waals surface area contributed by atoms with Crippen LogP contribution in [0.25, 0.3) is 0 Å². The van der Waals surface area contributed by atoms with Gasteiger partial charge in [0, 0.05) is 45.6 Å². The van der Waals surface area contributed by atoms with Crippen molar-refractivity contribution >= 4 is 11.9 Å². The van der Waals surface area contributed by atoms with Gasteiger partial charge in [-0.1, -0.05) is 13.5 Å². The Labute approximate surface area is 142 Å². The van der Waals surface area contributed by atoms with Crippen LogP contribution in [0.5, 0.6) is 0 Å². The molecule has 111 valence electrons. The van der Waals surface area contributed by atoms with E-state index in [9.17, 15) is 14.7 Å². The van der Waals surface area contributed by atoms with Gasteiger partial charge in [0.2, 0.25) is 0 Å². The minimum Gasteiger partial charge on any atom is -0.480 e. The smallest absolute Gasteiger partial charge is 0.336 e. The topological polar surface area (TPSA) is 119 Å². The summed E-state index contributed by atoms with van der Waals surface area (Å²) in [5, 5.41) is 18.2. The van der Waals surface area contributed by atoms with Crippen LogP contribution in [0.15, 0.2) is 0 Å². The van der Waals surface area contributed by atoms with Crippen molar-refractivity contribution in [3.05, 3.63) is 6.42 Å². The number of aliphatic carboxylic acids is 2. The first-order valence-corrected chi connectivity index (χ1v) is 6.20. The number of carbonyl (C=O) groups is 2. The summed E-state index contributed by atoms with van der Waals surface area (Å²) in [6, 6.07) is -1.27. The second-order valence-corrected chi connectivity index (χ2v) is 5.20. The summed E-state index contributed by atoms with van der Waals surface area (Å²) in [6.45, 7) is 2.38. The van der Waals surface area contributed by atoms with Gasteiger partial charge in [-0.2, -0.15) is 0 Å². The summed E-state index contributed by atoms with van der Waals surface area (Å²) in [5.74, 6) is -2.35. The fourth-order valence-electron chi connectivity index (χ4n) is 2.69. The molecule has 8 heteroatoms. The van der Waals surface area contributed by atoms with E-state index in [1.807, 2.05) is 13.3 Å². The maximum Gasteiger partial charge on any atom is 0.336 e. The van der Waals surface area contributed by atoms with Gasteiger partial charge in [-0.25, -0.2) is 4.79 Å². The molecule has 0 aromatic carbocycles. The molecule has 2 saturated heterocycles. The Morgan fingerprint density at radius 1 is 1.50 bits per heavy atom. The van der Waals surface area contributed by atoms with Crippen molar-refractivity contribution in [3.63, 3.8) is 0 Å². The van der Waals surface area contributed by atoms with Crippen LogP contribution in [-0.2, 0) is 51.8 Å². The summed E-state index contributed by atoms with van der Waals surface area (Å²) >= 11 is 0. The summed E-state index contributed by atoms with van der Waals surface area (Å²) in [5.41, 5.74) is 3.88. The molecule has 4 N–H and O–H groups in total. The molecule has 2 aliphatic rings. The Kier molecular flexibility index (Phi) is 6.10. The average Bonchev–Trinajstić information content (AvgIpc) is 2.70. The fourth-order valence-corrected chi connectivity index (χ4v) is 2.69. The van der Waals surface area contributed by atoms with Crippen LogP contribution in [0.2, 0.25) is 0 Å². The zero-order valence-electron chi connectivity index (χ0n) is 11.2. The van der Waals surface area contributed by atoms with E-state index in [1.54, 1.807) is 0 Å². The van der Waals surface area contributed by atoms with Crippen molar-refractivity contribution in [2.45, 2.75) is 43.6 Å². The monoisotopic (exact) mass is 361 g/mol. The molecule has 2 rings (SSSR count). The van der Waals surface area contributed by atoms with E-state index in [4.69, 9.17) is 20.3 Å². The maximum absolute atomic E-state index is 11.5. The molecule has 0 aliphatic carbocycles. The summed E-state index contributed by atoms with van der Waals surface area (Å²) in [6.07, 6.45) is 1.10. The van der Waals surface area contributed by atoms with Crippen molar-refractivity contribution < 1.29 is 62.0 Å². The number of nitrogens with two attached hydrogens (primary N) is 1. The molecular formula is C12H18NO6Y-. The molecule has 0 spiro atoms. The van der Waals surface area contributed by atoms with Gasteiger partial charge in [0.15, 0.2) is 5.60 Å². The molecular weight excluding hydrogens is 343 g/mol. The number of rotatable bonds is 4. The van der Waals surface area contributed by atoms with E-state index in [2.05, 4.69) is 0 Å². The van der Waals surface area contributed by atoms with Gasteiger partial charge in [-0.15, -0.1) is 5.92 Å². The first-order chi connectivity index (χ1) is 8.85. The summed E-state index contributed by atoms with van der Waals surface area (Å²) in [7, 11) is 0. The van der Waals surface area contributed by atoms with Crippen LogP contribution < -0.4 is 5.73 Å². The minimum atomic E-state index is -1.57. The standard InChI is InChI=1S/C12H18NO6.Y/c1-6-2-3-18-8-5-12(11(16)17,19-9(6)8)4-7(13)10(14)15;/h2,6-9H,3-5,13H2,1H3,(H,14,15)(H,16,17);/q-1;. The van der Waals surface area contributed by atoms with E-state index < -0.39 is 23.6 Å². The van der Waals surface area contributed by atoms with Gasteiger partial charge in [-0.05, 0) is 0 Å². The van der Waals surface area contributed by atoms with E-state index in [1.165, 1.54) is 0 Å². The molecule has 5 atom stereocenters. The number of carboxylic acids is 2. The van der Waals surface area contributed by atoms with Crippen molar-refractivity contribution in [2.75, 3.05) is 6.61 Å². The predicted octanol–water partition coefficient (Wildman–Crippen LogP) is -0.363. The number of fused-ring (bicyclic) bond motifs is 1. The van der Waals surface area contributed by atoms with Crippen molar-refractivity contribution in [3.8, 4) is 0 Å². The SMILES string of the molecule is CC1[CH-]COC2CC(CC(N)C(=O)O)(C(=O)O)OC12.[Y]. The Morgan fingerprint density at radius 3 is 2.65 bits per heavy atom. The molecule has 0 aromatic rings. The largest absolute Gasteiger partial charge is 0.480 e. The summed E-state index contributed by atoms with van der Waals surface area (Å²) < 4.78 is 11.1. The molecule has 0 bridgehead atoms. The van der Waals surface area contributed by atoms with Crippen molar-refractivity contribution in [1.82, 2.24) is 0 Å². The fraction of sp³-hybridized carbons (Fsp3) is 0.750. The molecule has 0 amide bonds. The van der Waals surface area contributed by atoms with Crippen LogP contribution >= 0.6 is 0 Å². The van der Waals surface area contributed by atoms with Crippen LogP contribution in [0.1, 0.15) is 19.8 Å². The van der Waals surface area contributed by atoms with Gasteiger partial charge in [-0.3, -0.25) is 11.2 Å². The first kappa shape index (κ1) is 18.0. The van der Waals surface area contributed by atoms with Gasteiger partial charge < -0.3 is 25.4 Å². The second kappa shape index (κ2) is 6.79. The van der Waals surface area contributed by atoms with Gasteiger partial charge >= 0.3 is 11.9 Å².